The molecule has 0 saturated carbocycles. The Bertz CT molecular complexity index is 587. The van der Waals surface area contributed by atoms with E-state index in [-0.39, 0.29) is 6.04 Å². The Morgan fingerprint density at radius 2 is 1.90 bits per heavy atom. The molecular formula is C15H18F3N3. The normalized spacial score (nSPS) is 12.6. The van der Waals surface area contributed by atoms with Crippen LogP contribution in [0.15, 0.2) is 18.3 Å². The Balaban J connectivity index is 1.85. The molecule has 0 aliphatic rings. The standard InChI is InChI=1S/C15H18F3N3/c1-9(12-6-13(16)15(18)14(17)7-12)19-5-3-4-11-8-20-21-10(11)2/h6-9,19H,3-5H2,1-2H3,(H,20,21)/t9-/m0/s1. The zero-order valence-electron chi connectivity index (χ0n) is 12.0. The van der Waals surface area contributed by atoms with Gasteiger partial charge in [0.15, 0.2) is 17.5 Å². The van der Waals surface area contributed by atoms with Crippen LogP contribution in [0.5, 0.6) is 0 Å². The predicted molar refractivity (Wildman–Crippen MR) is 74.4 cm³/mol. The van der Waals surface area contributed by atoms with Crippen LogP contribution in [0.3, 0.4) is 0 Å². The molecule has 0 saturated heterocycles. The zero-order valence-corrected chi connectivity index (χ0v) is 12.0. The topological polar surface area (TPSA) is 40.7 Å². The third-order valence-electron chi connectivity index (χ3n) is 3.51. The van der Waals surface area contributed by atoms with E-state index in [9.17, 15) is 13.2 Å². The highest BCUT2D eigenvalue weighted by molar-refractivity contribution is 5.22. The fraction of sp³-hybridized carbons (Fsp3) is 0.400. The lowest BCUT2D eigenvalue weighted by molar-refractivity contribution is 0.441. The molecule has 0 radical (unpaired) electrons. The molecule has 0 fully saturated rings. The number of hydrogen-bond donors (Lipinski definition) is 2. The second-order valence-corrected chi connectivity index (χ2v) is 5.10. The number of rotatable bonds is 6. The van der Waals surface area contributed by atoms with Gasteiger partial charge in [0, 0.05) is 11.7 Å². The van der Waals surface area contributed by atoms with Gasteiger partial charge < -0.3 is 5.32 Å². The van der Waals surface area contributed by atoms with Crippen molar-refractivity contribution >= 4 is 0 Å². The summed E-state index contributed by atoms with van der Waals surface area (Å²) in [6.07, 6.45) is 3.54. The van der Waals surface area contributed by atoms with Crippen LogP contribution in [0, 0.1) is 24.4 Å². The van der Waals surface area contributed by atoms with Crippen LogP contribution in [-0.2, 0) is 6.42 Å². The second kappa shape index (κ2) is 6.76. The van der Waals surface area contributed by atoms with Gasteiger partial charge in [-0.25, -0.2) is 13.2 Å². The van der Waals surface area contributed by atoms with E-state index in [1.807, 2.05) is 6.92 Å². The Hall–Kier alpha value is -1.82. The molecule has 1 atom stereocenters. The summed E-state index contributed by atoms with van der Waals surface area (Å²) in [5.41, 5.74) is 2.60. The van der Waals surface area contributed by atoms with E-state index in [0.29, 0.717) is 12.1 Å². The van der Waals surface area contributed by atoms with E-state index in [1.165, 1.54) is 0 Å². The number of benzene rings is 1. The summed E-state index contributed by atoms with van der Waals surface area (Å²) < 4.78 is 39.2. The Morgan fingerprint density at radius 3 is 2.48 bits per heavy atom. The molecule has 0 amide bonds. The van der Waals surface area contributed by atoms with Gasteiger partial charge in [0.1, 0.15) is 0 Å². The fourth-order valence-corrected chi connectivity index (χ4v) is 2.17. The van der Waals surface area contributed by atoms with Crippen molar-refractivity contribution < 1.29 is 13.2 Å². The lowest BCUT2D eigenvalue weighted by Crippen LogP contribution is -2.20. The third-order valence-corrected chi connectivity index (χ3v) is 3.51. The van der Waals surface area contributed by atoms with Gasteiger partial charge in [0.05, 0.1) is 6.20 Å². The first-order chi connectivity index (χ1) is 9.99. The minimum Gasteiger partial charge on any atom is -0.310 e. The van der Waals surface area contributed by atoms with Crippen molar-refractivity contribution in [3.05, 3.63) is 52.6 Å². The average molecular weight is 297 g/mol. The number of nitrogens with zero attached hydrogens (tertiary/aromatic N) is 1. The molecule has 2 rings (SSSR count). The van der Waals surface area contributed by atoms with Crippen LogP contribution in [0.4, 0.5) is 13.2 Å². The van der Waals surface area contributed by atoms with Crippen LogP contribution in [-0.4, -0.2) is 16.7 Å². The first-order valence-electron chi connectivity index (χ1n) is 6.85. The largest absolute Gasteiger partial charge is 0.310 e. The number of hydrogen-bond acceptors (Lipinski definition) is 2. The quantitative estimate of drug-likeness (QED) is 0.633. The van der Waals surface area contributed by atoms with Crippen LogP contribution < -0.4 is 5.32 Å². The van der Waals surface area contributed by atoms with Crippen molar-refractivity contribution in [3.8, 4) is 0 Å². The van der Waals surface area contributed by atoms with Gasteiger partial charge in [-0.3, -0.25) is 5.10 Å². The summed E-state index contributed by atoms with van der Waals surface area (Å²) in [6, 6.07) is 1.80. The van der Waals surface area contributed by atoms with Gasteiger partial charge in [0.25, 0.3) is 0 Å². The summed E-state index contributed by atoms with van der Waals surface area (Å²) in [6.45, 7) is 4.43. The summed E-state index contributed by atoms with van der Waals surface area (Å²) in [5.74, 6) is -3.75. The molecular weight excluding hydrogens is 279 g/mol. The van der Waals surface area contributed by atoms with Crippen LogP contribution in [0.2, 0.25) is 0 Å². The van der Waals surface area contributed by atoms with Crippen molar-refractivity contribution in [1.29, 1.82) is 0 Å². The van der Waals surface area contributed by atoms with Crippen molar-refractivity contribution in [2.45, 2.75) is 32.7 Å². The highest BCUT2D eigenvalue weighted by Crippen LogP contribution is 2.19. The summed E-state index contributed by atoms with van der Waals surface area (Å²) in [4.78, 5) is 0. The molecule has 21 heavy (non-hydrogen) atoms. The monoisotopic (exact) mass is 297 g/mol. The number of aromatic amines is 1. The first kappa shape index (κ1) is 15.6. The van der Waals surface area contributed by atoms with Gasteiger partial charge in [-0.15, -0.1) is 0 Å². The highest BCUT2D eigenvalue weighted by Gasteiger charge is 2.14. The van der Waals surface area contributed by atoms with E-state index in [1.54, 1.807) is 13.1 Å². The maximum Gasteiger partial charge on any atom is 0.194 e. The first-order valence-corrected chi connectivity index (χ1v) is 6.85. The molecule has 2 N–H and O–H groups in total. The number of aryl methyl sites for hydroxylation is 2. The molecule has 0 spiro atoms. The van der Waals surface area contributed by atoms with E-state index >= 15 is 0 Å². The number of H-pyrrole nitrogens is 1. The predicted octanol–water partition coefficient (Wildman–Crippen LogP) is 3.42. The maximum absolute atomic E-state index is 13.2. The Morgan fingerprint density at radius 1 is 1.24 bits per heavy atom. The lowest BCUT2D eigenvalue weighted by Gasteiger charge is -2.14. The molecule has 0 unspecified atom stereocenters. The minimum absolute atomic E-state index is 0.250. The molecule has 2 aromatic rings. The molecule has 1 aromatic heterocycles. The lowest BCUT2D eigenvalue weighted by atomic mass is 10.1. The summed E-state index contributed by atoms with van der Waals surface area (Å²) in [5, 5.41) is 9.99. The van der Waals surface area contributed by atoms with Crippen molar-refractivity contribution in [2.24, 2.45) is 0 Å². The van der Waals surface area contributed by atoms with E-state index in [0.717, 1.165) is 36.2 Å². The van der Waals surface area contributed by atoms with E-state index in [2.05, 4.69) is 15.5 Å². The third kappa shape index (κ3) is 3.85. The van der Waals surface area contributed by atoms with Crippen LogP contribution >= 0.6 is 0 Å². The van der Waals surface area contributed by atoms with Gasteiger partial charge in [-0.2, -0.15) is 5.10 Å². The van der Waals surface area contributed by atoms with Crippen molar-refractivity contribution in [1.82, 2.24) is 15.5 Å². The summed E-state index contributed by atoms with van der Waals surface area (Å²) in [7, 11) is 0. The smallest absolute Gasteiger partial charge is 0.194 e. The average Bonchev–Trinajstić information content (AvgIpc) is 2.85. The van der Waals surface area contributed by atoms with Crippen LogP contribution in [0.1, 0.15) is 36.2 Å². The number of aromatic nitrogens is 2. The number of halogens is 3. The van der Waals surface area contributed by atoms with Gasteiger partial charge in [-0.1, -0.05) is 0 Å². The molecule has 0 aliphatic heterocycles. The molecule has 6 heteroatoms. The SMILES string of the molecule is Cc1[nH]ncc1CCCN[C@@H](C)c1cc(F)c(F)c(F)c1. The maximum atomic E-state index is 13.2. The van der Waals surface area contributed by atoms with Gasteiger partial charge in [0.2, 0.25) is 0 Å². The Labute approximate surface area is 121 Å². The molecule has 3 nitrogen and oxygen atoms in total. The number of nitrogens with one attached hydrogen (secondary N) is 2. The summed E-state index contributed by atoms with van der Waals surface area (Å²) >= 11 is 0. The van der Waals surface area contributed by atoms with E-state index in [4.69, 9.17) is 0 Å². The molecule has 1 aromatic carbocycles. The molecule has 0 aliphatic carbocycles. The van der Waals surface area contributed by atoms with E-state index < -0.39 is 17.5 Å². The zero-order chi connectivity index (χ0) is 15.4. The van der Waals surface area contributed by atoms with Gasteiger partial charge in [-0.05, 0) is 56.5 Å². The van der Waals surface area contributed by atoms with Gasteiger partial charge >= 0.3 is 0 Å². The fourth-order valence-electron chi connectivity index (χ4n) is 2.17. The highest BCUT2D eigenvalue weighted by atomic mass is 19.2. The van der Waals surface area contributed by atoms with Crippen molar-refractivity contribution in [3.63, 3.8) is 0 Å². The minimum atomic E-state index is -1.43. The molecule has 1 heterocycles. The molecule has 0 bridgehead atoms. The van der Waals surface area contributed by atoms with Crippen LogP contribution in [0.25, 0.3) is 0 Å². The van der Waals surface area contributed by atoms with Crippen molar-refractivity contribution in [2.75, 3.05) is 6.54 Å². The second-order valence-electron chi connectivity index (χ2n) is 5.10. The molecule has 114 valence electrons. The Kier molecular flexibility index (Phi) is 5.01.